The second kappa shape index (κ2) is 6.55. The van der Waals surface area contributed by atoms with Gasteiger partial charge in [-0.05, 0) is 44.9 Å². The van der Waals surface area contributed by atoms with Gasteiger partial charge in [0.15, 0.2) is 0 Å². The maximum Gasteiger partial charge on any atom is 0.225 e. The lowest BCUT2D eigenvalue weighted by molar-refractivity contribution is -0.116. The number of hydrogen-bond acceptors (Lipinski definition) is 2. The Morgan fingerprint density at radius 2 is 1.78 bits per heavy atom. The molecule has 100 valence electrons. The molecule has 0 saturated carbocycles. The molecule has 0 saturated heterocycles. The molecule has 1 aromatic carbocycles. The van der Waals surface area contributed by atoms with Crippen LogP contribution in [-0.2, 0) is 11.2 Å². The topological polar surface area (TPSA) is 41.1 Å². The highest BCUT2D eigenvalue weighted by molar-refractivity contribution is 5.90. The molecule has 0 atom stereocenters. The molecule has 0 aliphatic carbocycles. The van der Waals surface area contributed by atoms with Gasteiger partial charge in [0, 0.05) is 24.2 Å². The maximum atomic E-state index is 11.7. The van der Waals surface area contributed by atoms with Crippen molar-refractivity contribution in [3.8, 4) is 0 Å². The highest BCUT2D eigenvalue weighted by atomic mass is 16.1. The summed E-state index contributed by atoms with van der Waals surface area (Å²) in [7, 11) is 0. The summed E-state index contributed by atoms with van der Waals surface area (Å²) in [5.41, 5.74) is 2.21. The Bertz CT molecular complexity index is 376. The summed E-state index contributed by atoms with van der Waals surface area (Å²) in [4.78, 5) is 11.7. The minimum Gasteiger partial charge on any atom is -0.326 e. The molecule has 0 aliphatic heterocycles. The smallest absolute Gasteiger partial charge is 0.225 e. The van der Waals surface area contributed by atoms with Gasteiger partial charge in [-0.3, -0.25) is 4.79 Å². The zero-order valence-corrected chi connectivity index (χ0v) is 11.8. The maximum absolute atomic E-state index is 11.7. The van der Waals surface area contributed by atoms with Crippen molar-refractivity contribution in [3.05, 3.63) is 29.8 Å². The fraction of sp³-hybridized carbons (Fsp3) is 0.533. The van der Waals surface area contributed by atoms with Crippen LogP contribution in [-0.4, -0.2) is 18.0 Å². The van der Waals surface area contributed by atoms with E-state index >= 15 is 0 Å². The fourth-order valence-electron chi connectivity index (χ4n) is 1.60. The number of nitrogens with one attached hydrogen (secondary N) is 2. The molecule has 3 heteroatoms. The predicted molar refractivity (Wildman–Crippen MR) is 76.8 cm³/mol. The molecular weight excluding hydrogens is 224 g/mol. The van der Waals surface area contributed by atoms with Crippen LogP contribution in [0.2, 0.25) is 0 Å². The van der Waals surface area contributed by atoms with Crippen LogP contribution in [0.5, 0.6) is 0 Å². The third kappa shape index (κ3) is 5.82. The number of hydrogen-bond donors (Lipinski definition) is 2. The third-order valence-electron chi connectivity index (χ3n) is 2.65. The van der Waals surface area contributed by atoms with E-state index in [1.807, 2.05) is 24.3 Å². The molecule has 0 fully saturated rings. The van der Waals surface area contributed by atoms with Gasteiger partial charge in [-0.1, -0.05) is 19.1 Å². The lowest BCUT2D eigenvalue weighted by atomic mass is 10.1. The Labute approximate surface area is 110 Å². The van der Waals surface area contributed by atoms with E-state index in [9.17, 15) is 4.79 Å². The molecule has 0 heterocycles. The average molecular weight is 248 g/mol. The van der Waals surface area contributed by atoms with Gasteiger partial charge in [0.2, 0.25) is 5.91 Å². The van der Waals surface area contributed by atoms with Crippen molar-refractivity contribution in [2.45, 2.75) is 46.1 Å². The van der Waals surface area contributed by atoms with Crippen LogP contribution in [0.25, 0.3) is 0 Å². The Hall–Kier alpha value is -1.35. The van der Waals surface area contributed by atoms with Crippen molar-refractivity contribution in [1.82, 2.24) is 5.32 Å². The summed E-state index contributed by atoms with van der Waals surface area (Å²) in [6.45, 7) is 9.09. The molecule has 1 aromatic rings. The Morgan fingerprint density at radius 3 is 2.28 bits per heavy atom. The van der Waals surface area contributed by atoms with Gasteiger partial charge in [0.1, 0.15) is 0 Å². The third-order valence-corrected chi connectivity index (χ3v) is 2.65. The van der Waals surface area contributed by atoms with E-state index in [-0.39, 0.29) is 11.4 Å². The Kier molecular flexibility index (Phi) is 5.35. The fourth-order valence-corrected chi connectivity index (χ4v) is 1.60. The molecule has 0 radical (unpaired) electrons. The lowest BCUT2D eigenvalue weighted by Crippen LogP contribution is -2.37. The van der Waals surface area contributed by atoms with Crippen molar-refractivity contribution >= 4 is 11.6 Å². The van der Waals surface area contributed by atoms with Crippen LogP contribution >= 0.6 is 0 Å². The first-order valence-corrected chi connectivity index (χ1v) is 6.54. The van der Waals surface area contributed by atoms with Crippen LogP contribution in [0, 0.1) is 0 Å². The van der Waals surface area contributed by atoms with Gasteiger partial charge in [-0.15, -0.1) is 0 Å². The highest BCUT2D eigenvalue weighted by Crippen LogP contribution is 2.10. The minimum absolute atomic E-state index is 0.0519. The standard InChI is InChI=1S/C15H24N2O/c1-5-12-6-8-13(9-7-12)17-14(18)10-11-16-15(2,3)4/h6-9,16H,5,10-11H2,1-4H3,(H,17,18). The molecular formula is C15H24N2O. The van der Waals surface area contributed by atoms with Gasteiger partial charge in [0.05, 0.1) is 0 Å². The molecule has 0 aliphatic rings. The average Bonchev–Trinajstić information content (AvgIpc) is 2.28. The first-order chi connectivity index (χ1) is 8.40. The summed E-state index contributed by atoms with van der Waals surface area (Å²) in [5.74, 6) is 0.0519. The number of rotatable bonds is 5. The van der Waals surface area contributed by atoms with E-state index in [0.29, 0.717) is 13.0 Å². The number of aryl methyl sites for hydroxylation is 1. The zero-order chi connectivity index (χ0) is 13.6. The molecule has 0 bridgehead atoms. The van der Waals surface area contributed by atoms with E-state index in [2.05, 4.69) is 38.3 Å². The minimum atomic E-state index is 0.0519. The van der Waals surface area contributed by atoms with Crippen molar-refractivity contribution < 1.29 is 4.79 Å². The van der Waals surface area contributed by atoms with E-state index in [1.165, 1.54) is 5.56 Å². The molecule has 3 nitrogen and oxygen atoms in total. The quantitative estimate of drug-likeness (QED) is 0.841. The molecule has 1 rings (SSSR count). The van der Waals surface area contributed by atoms with Crippen LogP contribution in [0.1, 0.15) is 39.7 Å². The number of anilines is 1. The van der Waals surface area contributed by atoms with E-state index in [0.717, 1.165) is 12.1 Å². The Morgan fingerprint density at radius 1 is 1.17 bits per heavy atom. The molecule has 0 unspecified atom stereocenters. The van der Waals surface area contributed by atoms with Gasteiger partial charge in [-0.25, -0.2) is 0 Å². The molecule has 2 N–H and O–H groups in total. The van der Waals surface area contributed by atoms with Gasteiger partial charge >= 0.3 is 0 Å². The zero-order valence-electron chi connectivity index (χ0n) is 11.8. The number of amides is 1. The van der Waals surface area contributed by atoms with E-state index in [1.54, 1.807) is 0 Å². The van der Waals surface area contributed by atoms with E-state index < -0.39 is 0 Å². The van der Waals surface area contributed by atoms with Crippen molar-refractivity contribution in [3.63, 3.8) is 0 Å². The highest BCUT2D eigenvalue weighted by Gasteiger charge is 2.09. The second-order valence-electron chi connectivity index (χ2n) is 5.53. The predicted octanol–water partition coefficient (Wildman–Crippen LogP) is 2.97. The Balaban J connectivity index is 2.35. The molecule has 1 amide bonds. The van der Waals surface area contributed by atoms with E-state index in [4.69, 9.17) is 0 Å². The number of carbonyl (C=O) groups is 1. The number of benzene rings is 1. The normalized spacial score (nSPS) is 11.3. The van der Waals surface area contributed by atoms with Crippen molar-refractivity contribution in [2.75, 3.05) is 11.9 Å². The SMILES string of the molecule is CCc1ccc(NC(=O)CCNC(C)(C)C)cc1. The van der Waals surface area contributed by atoms with Crippen molar-refractivity contribution in [1.29, 1.82) is 0 Å². The second-order valence-corrected chi connectivity index (χ2v) is 5.53. The summed E-state index contributed by atoms with van der Waals surface area (Å²) < 4.78 is 0. The largest absolute Gasteiger partial charge is 0.326 e. The summed E-state index contributed by atoms with van der Waals surface area (Å²) in [5, 5.41) is 6.20. The lowest BCUT2D eigenvalue weighted by Gasteiger charge is -2.20. The van der Waals surface area contributed by atoms with Gasteiger partial charge in [0.25, 0.3) is 0 Å². The van der Waals surface area contributed by atoms with Crippen LogP contribution in [0.15, 0.2) is 24.3 Å². The van der Waals surface area contributed by atoms with Crippen LogP contribution in [0.3, 0.4) is 0 Å². The summed E-state index contributed by atoms with van der Waals surface area (Å²) >= 11 is 0. The molecule has 18 heavy (non-hydrogen) atoms. The van der Waals surface area contributed by atoms with Crippen LogP contribution in [0.4, 0.5) is 5.69 Å². The number of carbonyl (C=O) groups excluding carboxylic acids is 1. The first-order valence-electron chi connectivity index (χ1n) is 6.54. The van der Waals surface area contributed by atoms with Crippen LogP contribution < -0.4 is 10.6 Å². The monoisotopic (exact) mass is 248 g/mol. The van der Waals surface area contributed by atoms with Gasteiger partial charge in [-0.2, -0.15) is 0 Å². The summed E-state index contributed by atoms with van der Waals surface area (Å²) in [6, 6.07) is 7.99. The molecule has 0 aromatic heterocycles. The van der Waals surface area contributed by atoms with Crippen molar-refractivity contribution in [2.24, 2.45) is 0 Å². The molecule has 0 spiro atoms. The summed E-state index contributed by atoms with van der Waals surface area (Å²) in [6.07, 6.45) is 1.51. The van der Waals surface area contributed by atoms with Gasteiger partial charge < -0.3 is 10.6 Å². The first kappa shape index (κ1) is 14.7.